The zero-order valence-electron chi connectivity index (χ0n) is 21.4. The van der Waals surface area contributed by atoms with Crippen LogP contribution in [0.5, 0.6) is 5.75 Å². The third-order valence-electron chi connectivity index (χ3n) is 8.14. The topological polar surface area (TPSA) is 59.4 Å². The fraction of sp³-hybridized carbons (Fsp3) is 0.419. The van der Waals surface area contributed by atoms with Crippen molar-refractivity contribution in [2.24, 2.45) is 0 Å². The lowest BCUT2D eigenvalue weighted by Gasteiger charge is -2.45. The maximum Gasteiger partial charge on any atom is 0.304 e. The van der Waals surface area contributed by atoms with Gasteiger partial charge in [0.05, 0.1) is 6.42 Å². The second-order valence-corrected chi connectivity index (χ2v) is 10.5. The number of carboxylic acid groups (broad SMARTS) is 1. The lowest BCUT2D eigenvalue weighted by Crippen LogP contribution is -2.37. The molecule has 184 valence electrons. The van der Waals surface area contributed by atoms with Crippen molar-refractivity contribution < 1.29 is 14.6 Å². The minimum atomic E-state index is -0.822. The molecule has 1 atom stereocenters. The molecule has 2 aromatic carbocycles. The number of aromatic nitrogens is 1. The van der Waals surface area contributed by atoms with Crippen molar-refractivity contribution in [1.82, 2.24) is 4.98 Å². The molecule has 0 amide bonds. The number of rotatable bonds is 9. The average molecular weight is 472 g/mol. The van der Waals surface area contributed by atoms with Crippen molar-refractivity contribution in [3.05, 3.63) is 94.8 Å². The van der Waals surface area contributed by atoms with Gasteiger partial charge in [0.15, 0.2) is 0 Å². The maximum absolute atomic E-state index is 11.5. The Morgan fingerprint density at radius 1 is 0.943 bits per heavy atom. The lowest BCUT2D eigenvalue weighted by atomic mass is 9.59. The average Bonchev–Trinajstić information content (AvgIpc) is 2.87. The standard InChI is InChI=1S/C31H37NO3/c1-5-31(6-2)16-15-30(3,4)28-19-22(7-12-27(28)31)21-35-25-10-8-23(9-11-25)26(20-29(33)34)24-13-17-32-18-14-24/h7-14,17-19,26H,5-6,15-16,20-21H2,1-4H3,(H,33,34). The monoisotopic (exact) mass is 471 g/mol. The molecule has 0 saturated heterocycles. The number of hydrogen-bond donors (Lipinski definition) is 1. The van der Waals surface area contributed by atoms with Crippen LogP contribution in [0.3, 0.4) is 0 Å². The molecule has 0 radical (unpaired) electrons. The molecule has 4 nitrogen and oxygen atoms in total. The Labute approximate surface area is 209 Å². The molecule has 0 bridgehead atoms. The van der Waals surface area contributed by atoms with Gasteiger partial charge in [0.25, 0.3) is 0 Å². The first kappa shape index (κ1) is 25.0. The van der Waals surface area contributed by atoms with Crippen molar-refractivity contribution in [2.45, 2.75) is 83.2 Å². The fourth-order valence-corrected chi connectivity index (χ4v) is 5.67. The summed E-state index contributed by atoms with van der Waals surface area (Å²) in [6, 6.07) is 18.5. The number of aliphatic carboxylic acids is 1. The predicted octanol–water partition coefficient (Wildman–Crippen LogP) is 7.40. The summed E-state index contributed by atoms with van der Waals surface area (Å²) in [4.78, 5) is 15.5. The van der Waals surface area contributed by atoms with Gasteiger partial charge >= 0.3 is 5.97 Å². The molecule has 1 aliphatic rings. The van der Waals surface area contributed by atoms with Crippen LogP contribution in [0, 0.1) is 0 Å². The van der Waals surface area contributed by atoms with E-state index in [4.69, 9.17) is 4.74 Å². The third-order valence-corrected chi connectivity index (χ3v) is 8.14. The molecule has 1 aromatic heterocycles. The minimum Gasteiger partial charge on any atom is -0.489 e. The summed E-state index contributed by atoms with van der Waals surface area (Å²) in [7, 11) is 0. The molecule has 0 fully saturated rings. The van der Waals surface area contributed by atoms with E-state index in [2.05, 4.69) is 50.9 Å². The van der Waals surface area contributed by atoms with Crippen LogP contribution in [0.15, 0.2) is 67.0 Å². The van der Waals surface area contributed by atoms with E-state index in [1.165, 1.54) is 42.4 Å². The van der Waals surface area contributed by atoms with Crippen molar-refractivity contribution >= 4 is 5.97 Å². The summed E-state index contributed by atoms with van der Waals surface area (Å²) in [6.07, 6.45) is 8.26. The maximum atomic E-state index is 11.5. The molecular formula is C31H37NO3. The predicted molar refractivity (Wildman–Crippen MR) is 140 cm³/mol. The van der Waals surface area contributed by atoms with Gasteiger partial charge in [-0.25, -0.2) is 0 Å². The van der Waals surface area contributed by atoms with Crippen LogP contribution in [-0.2, 0) is 22.2 Å². The SMILES string of the molecule is CCC1(CC)CCC(C)(C)c2cc(COc3ccc(C(CC(=O)O)c4ccncc4)cc3)ccc21. The first-order valence-electron chi connectivity index (χ1n) is 12.8. The molecule has 35 heavy (non-hydrogen) atoms. The summed E-state index contributed by atoms with van der Waals surface area (Å²) in [5, 5.41) is 9.42. The Morgan fingerprint density at radius 3 is 2.23 bits per heavy atom. The largest absolute Gasteiger partial charge is 0.489 e. The zero-order chi connectivity index (χ0) is 25.1. The highest BCUT2D eigenvalue weighted by atomic mass is 16.5. The van der Waals surface area contributed by atoms with E-state index in [0.717, 1.165) is 16.9 Å². The molecule has 1 heterocycles. The quantitative estimate of drug-likeness (QED) is 0.353. The highest BCUT2D eigenvalue weighted by molar-refractivity contribution is 5.69. The Hall–Kier alpha value is -3.14. The molecule has 0 saturated carbocycles. The number of pyridine rings is 1. The number of carbonyl (C=O) groups is 1. The molecule has 1 N–H and O–H groups in total. The van der Waals surface area contributed by atoms with Gasteiger partial charge in [-0.15, -0.1) is 0 Å². The van der Waals surface area contributed by atoms with Crippen LogP contribution in [0.2, 0.25) is 0 Å². The fourth-order valence-electron chi connectivity index (χ4n) is 5.67. The molecule has 4 heteroatoms. The number of carboxylic acids is 1. The summed E-state index contributed by atoms with van der Waals surface area (Å²) in [5.74, 6) is -0.256. The number of fused-ring (bicyclic) bond motifs is 1. The van der Waals surface area contributed by atoms with Gasteiger partial charge in [-0.05, 0) is 88.6 Å². The molecule has 1 unspecified atom stereocenters. The van der Waals surface area contributed by atoms with E-state index in [9.17, 15) is 9.90 Å². The van der Waals surface area contributed by atoms with Crippen molar-refractivity contribution in [3.8, 4) is 5.75 Å². The second kappa shape index (κ2) is 10.2. The van der Waals surface area contributed by atoms with Gasteiger partial charge < -0.3 is 9.84 Å². The smallest absolute Gasteiger partial charge is 0.304 e. The van der Waals surface area contributed by atoms with E-state index in [1.54, 1.807) is 12.4 Å². The van der Waals surface area contributed by atoms with Gasteiger partial charge in [0, 0.05) is 18.3 Å². The lowest BCUT2D eigenvalue weighted by molar-refractivity contribution is -0.137. The number of ether oxygens (including phenoxy) is 1. The number of nitrogens with zero attached hydrogens (tertiary/aromatic N) is 1. The van der Waals surface area contributed by atoms with Crippen molar-refractivity contribution in [3.63, 3.8) is 0 Å². The summed E-state index contributed by atoms with van der Waals surface area (Å²) in [6.45, 7) is 9.88. The Morgan fingerprint density at radius 2 is 1.60 bits per heavy atom. The Bertz CT molecular complexity index is 1150. The van der Waals surface area contributed by atoms with Crippen molar-refractivity contribution in [1.29, 1.82) is 0 Å². The van der Waals surface area contributed by atoms with E-state index >= 15 is 0 Å². The highest BCUT2D eigenvalue weighted by Gasteiger charge is 2.40. The summed E-state index contributed by atoms with van der Waals surface area (Å²) >= 11 is 0. The third kappa shape index (κ3) is 5.27. The van der Waals surface area contributed by atoms with Crippen LogP contribution in [0.4, 0.5) is 0 Å². The van der Waals surface area contributed by atoms with E-state index in [-0.39, 0.29) is 17.8 Å². The second-order valence-electron chi connectivity index (χ2n) is 10.5. The van der Waals surface area contributed by atoms with Gasteiger partial charge in [0.2, 0.25) is 0 Å². The first-order valence-corrected chi connectivity index (χ1v) is 12.8. The van der Waals surface area contributed by atoms with Gasteiger partial charge in [-0.2, -0.15) is 0 Å². The number of hydrogen-bond acceptors (Lipinski definition) is 3. The Kier molecular flexibility index (Phi) is 7.30. The van der Waals surface area contributed by atoms with Crippen LogP contribution in [0.1, 0.15) is 93.5 Å². The molecule has 1 aliphatic carbocycles. The summed E-state index contributed by atoms with van der Waals surface area (Å²) in [5.41, 5.74) is 6.54. The zero-order valence-corrected chi connectivity index (χ0v) is 21.4. The van der Waals surface area contributed by atoms with Crippen LogP contribution < -0.4 is 4.74 Å². The van der Waals surface area contributed by atoms with Gasteiger partial charge in [-0.3, -0.25) is 9.78 Å². The van der Waals surface area contributed by atoms with Crippen LogP contribution in [0.25, 0.3) is 0 Å². The van der Waals surface area contributed by atoms with Crippen LogP contribution >= 0.6 is 0 Å². The van der Waals surface area contributed by atoms with E-state index in [1.807, 2.05) is 36.4 Å². The molecule has 3 aromatic rings. The summed E-state index contributed by atoms with van der Waals surface area (Å²) < 4.78 is 6.15. The van der Waals surface area contributed by atoms with Crippen molar-refractivity contribution in [2.75, 3.05) is 0 Å². The molecular weight excluding hydrogens is 434 g/mol. The van der Waals surface area contributed by atoms with Gasteiger partial charge in [-0.1, -0.05) is 58.0 Å². The van der Waals surface area contributed by atoms with Crippen LogP contribution in [-0.4, -0.2) is 16.1 Å². The van der Waals surface area contributed by atoms with Gasteiger partial charge in [0.1, 0.15) is 12.4 Å². The molecule has 0 spiro atoms. The first-order chi connectivity index (χ1) is 16.8. The van der Waals surface area contributed by atoms with E-state index < -0.39 is 5.97 Å². The minimum absolute atomic E-state index is 0.0339. The molecule has 0 aliphatic heterocycles. The van der Waals surface area contributed by atoms with E-state index in [0.29, 0.717) is 12.0 Å². The molecule has 4 rings (SSSR count). The normalized spacial score (nSPS) is 16.8. The number of benzene rings is 2. The highest BCUT2D eigenvalue weighted by Crippen LogP contribution is 2.49. The Balaban J connectivity index is 1.51.